The van der Waals surface area contributed by atoms with Crippen molar-refractivity contribution in [2.45, 2.75) is 19.4 Å². The van der Waals surface area contributed by atoms with Crippen LogP contribution >= 0.6 is 0 Å². The van der Waals surface area contributed by atoms with Gasteiger partial charge in [-0.25, -0.2) is 0 Å². The fraction of sp³-hybridized carbons (Fsp3) is 0.188. The van der Waals surface area contributed by atoms with E-state index >= 15 is 0 Å². The molecule has 0 spiro atoms. The first-order valence-electron chi connectivity index (χ1n) is 6.31. The minimum atomic E-state index is -0.905. The van der Waals surface area contributed by atoms with E-state index in [4.69, 9.17) is 0 Å². The first-order valence-corrected chi connectivity index (χ1v) is 6.31. The zero-order chi connectivity index (χ0) is 13.5. The van der Waals surface area contributed by atoms with Crippen molar-refractivity contribution in [1.82, 2.24) is 9.55 Å². The van der Waals surface area contributed by atoms with Gasteiger partial charge >= 0.3 is 0 Å². The van der Waals surface area contributed by atoms with Gasteiger partial charge in [0.1, 0.15) is 5.60 Å². The number of pyridine rings is 1. The molecule has 96 valence electrons. The minimum absolute atomic E-state index is 0.674. The monoisotopic (exact) mass is 252 g/mol. The van der Waals surface area contributed by atoms with Gasteiger partial charge in [-0.15, -0.1) is 0 Å². The molecule has 0 saturated carbocycles. The third kappa shape index (κ3) is 2.13. The lowest BCUT2D eigenvalue weighted by molar-refractivity contribution is 0.0738. The zero-order valence-electron chi connectivity index (χ0n) is 11.0. The van der Waals surface area contributed by atoms with Crippen molar-refractivity contribution in [3.63, 3.8) is 0 Å². The Hall–Kier alpha value is -2.13. The highest BCUT2D eigenvalue weighted by atomic mass is 16.3. The summed E-state index contributed by atoms with van der Waals surface area (Å²) in [5.41, 5.74) is 1.92. The first-order chi connectivity index (χ1) is 9.05. The Morgan fingerprint density at radius 2 is 1.84 bits per heavy atom. The molecule has 1 N–H and O–H groups in total. The summed E-state index contributed by atoms with van der Waals surface area (Å²) in [7, 11) is 0. The van der Waals surface area contributed by atoms with E-state index in [9.17, 15) is 5.11 Å². The lowest BCUT2D eigenvalue weighted by Crippen LogP contribution is -2.17. The third-order valence-electron chi connectivity index (χ3n) is 3.25. The fourth-order valence-electron chi connectivity index (χ4n) is 2.20. The van der Waals surface area contributed by atoms with E-state index in [1.807, 2.05) is 30.5 Å². The summed E-state index contributed by atoms with van der Waals surface area (Å²) in [6.45, 7) is 3.47. The molecule has 3 heteroatoms. The molecule has 3 aromatic rings. The number of aromatic nitrogens is 2. The van der Waals surface area contributed by atoms with E-state index < -0.39 is 5.60 Å². The smallest absolute Gasteiger partial charge is 0.101 e. The van der Waals surface area contributed by atoms with Gasteiger partial charge in [-0.3, -0.25) is 4.98 Å². The second-order valence-electron chi connectivity index (χ2n) is 5.21. The lowest BCUT2D eigenvalue weighted by Gasteiger charge is -2.16. The molecule has 0 saturated heterocycles. The maximum atomic E-state index is 9.91. The predicted octanol–water partition coefficient (Wildman–Crippen LogP) is 3.25. The molecule has 0 atom stereocenters. The zero-order valence-corrected chi connectivity index (χ0v) is 11.0. The molecule has 0 radical (unpaired) electrons. The average Bonchev–Trinajstić information content (AvgIpc) is 2.82. The summed E-state index contributed by atoms with van der Waals surface area (Å²) < 4.78 is 2.09. The summed E-state index contributed by atoms with van der Waals surface area (Å²) in [6.07, 6.45) is 3.82. The van der Waals surface area contributed by atoms with Crippen LogP contribution in [0.1, 0.15) is 19.5 Å². The van der Waals surface area contributed by atoms with E-state index in [0.29, 0.717) is 5.69 Å². The number of fused-ring (bicyclic) bond motifs is 1. The Labute approximate surface area is 112 Å². The van der Waals surface area contributed by atoms with Crippen molar-refractivity contribution in [1.29, 1.82) is 0 Å². The van der Waals surface area contributed by atoms with Crippen LogP contribution in [0.4, 0.5) is 0 Å². The number of rotatable bonds is 2. The van der Waals surface area contributed by atoms with Crippen LogP contribution in [-0.4, -0.2) is 14.7 Å². The molecule has 0 amide bonds. The first kappa shape index (κ1) is 11.9. The van der Waals surface area contributed by atoms with Gasteiger partial charge in [0.25, 0.3) is 0 Å². The van der Waals surface area contributed by atoms with Gasteiger partial charge in [0, 0.05) is 6.20 Å². The number of benzene rings is 1. The summed E-state index contributed by atoms with van der Waals surface area (Å²) in [4.78, 5) is 4.34. The molecule has 2 aromatic heterocycles. The molecule has 0 bridgehead atoms. The molecule has 0 aliphatic heterocycles. The van der Waals surface area contributed by atoms with Crippen LogP contribution in [0.15, 0.2) is 54.9 Å². The predicted molar refractivity (Wildman–Crippen MR) is 76.3 cm³/mol. The normalized spacial score (nSPS) is 11.9. The molecule has 3 nitrogen and oxygen atoms in total. The Morgan fingerprint density at radius 1 is 1.05 bits per heavy atom. The highest BCUT2D eigenvalue weighted by molar-refractivity contribution is 5.81. The van der Waals surface area contributed by atoms with Gasteiger partial charge < -0.3 is 9.67 Å². The molecule has 0 aliphatic carbocycles. The fourth-order valence-corrected chi connectivity index (χ4v) is 2.20. The summed E-state index contributed by atoms with van der Waals surface area (Å²) in [6, 6.07) is 14.2. The van der Waals surface area contributed by atoms with Crippen LogP contribution in [0.25, 0.3) is 16.6 Å². The van der Waals surface area contributed by atoms with Gasteiger partial charge in [-0.1, -0.05) is 18.2 Å². The quantitative estimate of drug-likeness (QED) is 0.760. The van der Waals surface area contributed by atoms with Crippen LogP contribution < -0.4 is 0 Å². The van der Waals surface area contributed by atoms with E-state index in [2.05, 4.69) is 27.8 Å². The van der Waals surface area contributed by atoms with Crippen LogP contribution in [-0.2, 0) is 5.60 Å². The molecule has 3 rings (SSSR count). The van der Waals surface area contributed by atoms with Gasteiger partial charge in [-0.2, -0.15) is 0 Å². The summed E-state index contributed by atoms with van der Waals surface area (Å²) >= 11 is 0. The Bertz CT molecular complexity index is 705. The van der Waals surface area contributed by atoms with E-state index in [1.54, 1.807) is 20.0 Å². The molecule has 1 aromatic carbocycles. The van der Waals surface area contributed by atoms with Gasteiger partial charge in [0.2, 0.25) is 0 Å². The summed E-state index contributed by atoms with van der Waals surface area (Å²) in [5.74, 6) is 0. The number of para-hydroxylation sites is 1. The second-order valence-corrected chi connectivity index (χ2v) is 5.21. The van der Waals surface area contributed by atoms with Gasteiger partial charge in [-0.05, 0) is 43.5 Å². The maximum Gasteiger partial charge on any atom is 0.101 e. The Balaban J connectivity index is 2.07. The highest BCUT2D eigenvalue weighted by Gasteiger charge is 2.17. The van der Waals surface area contributed by atoms with Crippen LogP contribution in [0.2, 0.25) is 0 Å². The lowest BCUT2D eigenvalue weighted by atomic mass is 10.1. The third-order valence-corrected chi connectivity index (χ3v) is 3.25. The molecule has 2 heterocycles. The molecular formula is C16H16N2O. The van der Waals surface area contributed by atoms with E-state index in [1.165, 1.54) is 5.39 Å². The minimum Gasteiger partial charge on any atom is -0.384 e. The molecule has 19 heavy (non-hydrogen) atoms. The van der Waals surface area contributed by atoms with Crippen LogP contribution in [0.5, 0.6) is 0 Å². The standard InChI is InChI=1S/C16H16N2O/c1-16(2,19)15-8-7-13(11-17-15)18-10-9-12-5-3-4-6-14(12)18/h3-11,19H,1-2H3. The average molecular weight is 252 g/mol. The number of hydrogen-bond donors (Lipinski definition) is 1. The maximum absolute atomic E-state index is 9.91. The highest BCUT2D eigenvalue weighted by Crippen LogP contribution is 2.22. The van der Waals surface area contributed by atoms with Crippen molar-refractivity contribution in [3.05, 3.63) is 60.6 Å². The van der Waals surface area contributed by atoms with Crippen molar-refractivity contribution in [2.75, 3.05) is 0 Å². The van der Waals surface area contributed by atoms with E-state index in [-0.39, 0.29) is 0 Å². The number of hydrogen-bond acceptors (Lipinski definition) is 2. The molecule has 0 aliphatic rings. The molecule has 0 unspecified atom stereocenters. The van der Waals surface area contributed by atoms with Gasteiger partial charge in [0.15, 0.2) is 0 Å². The summed E-state index contributed by atoms with van der Waals surface area (Å²) in [5, 5.41) is 11.1. The van der Waals surface area contributed by atoms with Crippen molar-refractivity contribution in [3.8, 4) is 5.69 Å². The van der Waals surface area contributed by atoms with Crippen molar-refractivity contribution >= 4 is 10.9 Å². The van der Waals surface area contributed by atoms with Crippen LogP contribution in [0.3, 0.4) is 0 Å². The topological polar surface area (TPSA) is 38.0 Å². The van der Waals surface area contributed by atoms with Gasteiger partial charge in [0.05, 0.1) is 23.1 Å². The Kier molecular flexibility index (Phi) is 2.64. The Morgan fingerprint density at radius 3 is 2.53 bits per heavy atom. The molecular weight excluding hydrogens is 236 g/mol. The van der Waals surface area contributed by atoms with Crippen molar-refractivity contribution in [2.24, 2.45) is 0 Å². The largest absolute Gasteiger partial charge is 0.384 e. The molecule has 0 fully saturated rings. The second kappa shape index (κ2) is 4.21. The van der Waals surface area contributed by atoms with Crippen molar-refractivity contribution < 1.29 is 5.11 Å². The number of nitrogens with zero attached hydrogens (tertiary/aromatic N) is 2. The van der Waals surface area contributed by atoms with E-state index in [0.717, 1.165) is 11.2 Å². The SMILES string of the molecule is CC(C)(O)c1ccc(-n2ccc3ccccc32)cn1. The van der Waals surface area contributed by atoms with Crippen LogP contribution in [0, 0.1) is 0 Å². The number of aliphatic hydroxyl groups is 1.